The van der Waals surface area contributed by atoms with Gasteiger partial charge in [-0.05, 0) is 54.1 Å². The predicted molar refractivity (Wildman–Crippen MR) is 113 cm³/mol. The van der Waals surface area contributed by atoms with Crippen LogP contribution in [0.15, 0.2) is 73.1 Å². The molecule has 2 N–H and O–H groups in total. The summed E-state index contributed by atoms with van der Waals surface area (Å²) in [7, 11) is 0. The normalized spacial score (nSPS) is 11.6. The molecule has 1 unspecified atom stereocenters. The Morgan fingerprint density at radius 1 is 0.929 bits per heavy atom. The molecule has 2 amide bonds. The van der Waals surface area contributed by atoms with Gasteiger partial charge in [-0.2, -0.15) is 0 Å². The van der Waals surface area contributed by atoms with Crippen molar-refractivity contribution < 1.29 is 9.59 Å². The molecule has 0 aliphatic rings. The molecule has 0 saturated carbocycles. The second-order valence-corrected chi connectivity index (χ2v) is 7.08. The molecule has 0 aliphatic heterocycles. The molecule has 5 nitrogen and oxygen atoms in total. The summed E-state index contributed by atoms with van der Waals surface area (Å²) in [5, 5.41) is 6.30. The lowest BCUT2D eigenvalue weighted by molar-refractivity contribution is -0.116. The zero-order valence-corrected chi connectivity index (χ0v) is 16.3. The van der Waals surface area contributed by atoms with Crippen LogP contribution < -0.4 is 10.6 Å². The van der Waals surface area contributed by atoms with E-state index in [0.29, 0.717) is 29.4 Å². The number of carbonyl (C=O) groups is 2. The molecule has 2 aromatic carbocycles. The standard InChI is InChI=1S/C22H22ClN3O2/c1-16(27)24-20-8-10-21(11-9-20)25-22(28)14-18(15-26-12-2-3-13-26)17-4-6-19(23)7-5-17/h2-13,18H,14-15H2,1H3,(H,24,27)(H,25,28). The lowest BCUT2D eigenvalue weighted by atomic mass is 9.95. The number of hydrogen-bond acceptors (Lipinski definition) is 2. The van der Waals surface area contributed by atoms with Gasteiger partial charge in [0, 0.05) is 54.6 Å². The van der Waals surface area contributed by atoms with Crippen molar-refractivity contribution in [1.29, 1.82) is 0 Å². The quantitative estimate of drug-likeness (QED) is 0.596. The van der Waals surface area contributed by atoms with Gasteiger partial charge in [-0.1, -0.05) is 23.7 Å². The monoisotopic (exact) mass is 395 g/mol. The molecule has 0 aliphatic carbocycles. The first-order valence-corrected chi connectivity index (χ1v) is 9.41. The minimum absolute atomic E-state index is 0.0170. The highest BCUT2D eigenvalue weighted by Gasteiger charge is 2.17. The van der Waals surface area contributed by atoms with E-state index < -0.39 is 0 Å². The molecule has 3 rings (SSSR count). The maximum Gasteiger partial charge on any atom is 0.225 e. The van der Waals surface area contributed by atoms with Gasteiger partial charge in [0.05, 0.1) is 0 Å². The number of nitrogens with one attached hydrogen (secondary N) is 2. The summed E-state index contributed by atoms with van der Waals surface area (Å²) in [5.74, 6) is -0.185. The summed E-state index contributed by atoms with van der Waals surface area (Å²) < 4.78 is 2.06. The van der Waals surface area contributed by atoms with Crippen LogP contribution in [0.1, 0.15) is 24.8 Å². The van der Waals surface area contributed by atoms with E-state index in [1.807, 2.05) is 48.8 Å². The highest BCUT2D eigenvalue weighted by Crippen LogP contribution is 2.25. The molecule has 1 atom stereocenters. The van der Waals surface area contributed by atoms with Crippen molar-refractivity contribution in [2.75, 3.05) is 10.6 Å². The third-order valence-corrected chi connectivity index (χ3v) is 4.61. The number of amides is 2. The third kappa shape index (κ3) is 5.72. The molecule has 1 heterocycles. The van der Waals surface area contributed by atoms with E-state index in [4.69, 9.17) is 11.6 Å². The van der Waals surface area contributed by atoms with Crippen molar-refractivity contribution in [3.05, 3.63) is 83.6 Å². The third-order valence-electron chi connectivity index (χ3n) is 4.36. The van der Waals surface area contributed by atoms with Crippen LogP contribution in [-0.4, -0.2) is 16.4 Å². The maximum absolute atomic E-state index is 12.6. The van der Waals surface area contributed by atoms with E-state index in [9.17, 15) is 9.59 Å². The first-order valence-electron chi connectivity index (χ1n) is 9.03. The molecular formula is C22H22ClN3O2. The molecule has 28 heavy (non-hydrogen) atoms. The van der Waals surface area contributed by atoms with Gasteiger partial charge < -0.3 is 15.2 Å². The number of halogens is 1. The number of hydrogen-bond donors (Lipinski definition) is 2. The van der Waals surface area contributed by atoms with Crippen LogP contribution >= 0.6 is 11.6 Å². The number of nitrogens with zero attached hydrogens (tertiary/aromatic N) is 1. The van der Waals surface area contributed by atoms with E-state index in [2.05, 4.69) is 15.2 Å². The summed E-state index contributed by atoms with van der Waals surface area (Å²) in [6.07, 6.45) is 4.32. The molecule has 144 valence electrons. The number of carbonyl (C=O) groups excluding carboxylic acids is 2. The summed E-state index contributed by atoms with van der Waals surface area (Å²) in [5.41, 5.74) is 2.45. The van der Waals surface area contributed by atoms with Crippen LogP contribution in [-0.2, 0) is 16.1 Å². The van der Waals surface area contributed by atoms with Gasteiger partial charge in [0.2, 0.25) is 11.8 Å². The van der Waals surface area contributed by atoms with Crippen LogP contribution in [0.3, 0.4) is 0 Å². The van der Waals surface area contributed by atoms with Crippen LogP contribution in [0, 0.1) is 0 Å². The number of benzene rings is 2. The van der Waals surface area contributed by atoms with Gasteiger partial charge in [-0.15, -0.1) is 0 Å². The van der Waals surface area contributed by atoms with Gasteiger partial charge >= 0.3 is 0 Å². The Morgan fingerprint density at radius 3 is 2.07 bits per heavy atom. The largest absolute Gasteiger partial charge is 0.354 e. The molecule has 1 aromatic heterocycles. The number of anilines is 2. The van der Waals surface area contributed by atoms with Crippen molar-refractivity contribution in [1.82, 2.24) is 4.57 Å². The van der Waals surface area contributed by atoms with E-state index >= 15 is 0 Å². The minimum atomic E-state index is -0.132. The zero-order chi connectivity index (χ0) is 19.9. The Hall–Kier alpha value is -3.05. The Bertz CT molecular complexity index is 919. The Kier molecular flexibility index (Phi) is 6.50. The van der Waals surface area contributed by atoms with Crippen LogP contribution in [0.25, 0.3) is 0 Å². The van der Waals surface area contributed by atoms with Gasteiger partial charge in [-0.25, -0.2) is 0 Å². The first-order chi connectivity index (χ1) is 13.5. The summed E-state index contributed by atoms with van der Waals surface area (Å²) in [4.78, 5) is 23.7. The second-order valence-electron chi connectivity index (χ2n) is 6.64. The SMILES string of the molecule is CC(=O)Nc1ccc(NC(=O)CC(Cn2cccc2)c2ccc(Cl)cc2)cc1. The molecule has 0 bridgehead atoms. The van der Waals surface area contributed by atoms with Gasteiger partial charge in [0.15, 0.2) is 0 Å². The van der Waals surface area contributed by atoms with Crippen molar-refractivity contribution in [2.24, 2.45) is 0 Å². The molecule has 6 heteroatoms. The Balaban J connectivity index is 1.68. The summed E-state index contributed by atoms with van der Waals surface area (Å²) in [6, 6.07) is 18.6. The molecule has 0 fully saturated rings. The topological polar surface area (TPSA) is 63.1 Å². The van der Waals surface area contributed by atoms with Gasteiger partial charge in [0.25, 0.3) is 0 Å². The van der Waals surface area contributed by atoms with E-state index in [1.165, 1.54) is 6.92 Å². The van der Waals surface area contributed by atoms with E-state index in [-0.39, 0.29) is 17.7 Å². The first kappa shape index (κ1) is 19.7. The Labute approximate surface area is 169 Å². The molecule has 0 saturated heterocycles. The van der Waals surface area contributed by atoms with Crippen LogP contribution in [0.5, 0.6) is 0 Å². The van der Waals surface area contributed by atoms with E-state index in [0.717, 1.165) is 5.56 Å². The fourth-order valence-electron chi connectivity index (χ4n) is 3.05. The number of aromatic nitrogens is 1. The van der Waals surface area contributed by atoms with E-state index in [1.54, 1.807) is 24.3 Å². The summed E-state index contributed by atoms with van der Waals surface area (Å²) in [6.45, 7) is 2.15. The fraction of sp³-hybridized carbons (Fsp3) is 0.182. The van der Waals surface area contributed by atoms with Crippen molar-refractivity contribution in [3.63, 3.8) is 0 Å². The average Bonchev–Trinajstić information content (AvgIpc) is 3.16. The predicted octanol–water partition coefficient (Wildman–Crippen LogP) is 4.91. The lowest BCUT2D eigenvalue weighted by Gasteiger charge is -2.18. The summed E-state index contributed by atoms with van der Waals surface area (Å²) >= 11 is 6.01. The smallest absolute Gasteiger partial charge is 0.225 e. The lowest BCUT2D eigenvalue weighted by Crippen LogP contribution is -2.18. The van der Waals surface area contributed by atoms with Crippen molar-refractivity contribution in [2.45, 2.75) is 25.8 Å². The molecule has 0 spiro atoms. The molecule has 0 radical (unpaired) electrons. The highest BCUT2D eigenvalue weighted by atomic mass is 35.5. The highest BCUT2D eigenvalue weighted by molar-refractivity contribution is 6.30. The van der Waals surface area contributed by atoms with Gasteiger partial charge in [0.1, 0.15) is 0 Å². The number of rotatable bonds is 7. The van der Waals surface area contributed by atoms with Crippen LogP contribution in [0.4, 0.5) is 11.4 Å². The Morgan fingerprint density at radius 2 is 1.50 bits per heavy atom. The molecule has 3 aromatic rings. The molecular weight excluding hydrogens is 374 g/mol. The maximum atomic E-state index is 12.6. The zero-order valence-electron chi connectivity index (χ0n) is 15.6. The van der Waals surface area contributed by atoms with Gasteiger partial charge in [-0.3, -0.25) is 9.59 Å². The fourth-order valence-corrected chi connectivity index (χ4v) is 3.17. The average molecular weight is 396 g/mol. The second kappa shape index (κ2) is 9.24. The van der Waals surface area contributed by atoms with Crippen molar-refractivity contribution >= 4 is 34.8 Å². The van der Waals surface area contributed by atoms with Crippen LogP contribution in [0.2, 0.25) is 5.02 Å². The minimum Gasteiger partial charge on any atom is -0.354 e. The van der Waals surface area contributed by atoms with Crippen molar-refractivity contribution in [3.8, 4) is 0 Å².